The quantitative estimate of drug-likeness (QED) is 0.735. The molecule has 0 radical (unpaired) electrons. The maximum Gasteiger partial charge on any atom is 0.0861 e. The number of benzene rings is 2. The van der Waals surface area contributed by atoms with Gasteiger partial charge < -0.3 is 9.67 Å². The Labute approximate surface area is 125 Å². The van der Waals surface area contributed by atoms with E-state index < -0.39 is 5.60 Å². The van der Waals surface area contributed by atoms with E-state index in [-0.39, 0.29) is 0 Å². The molecule has 108 valence electrons. The first kappa shape index (κ1) is 13.9. The highest BCUT2D eigenvalue weighted by molar-refractivity contribution is 5.87. The van der Waals surface area contributed by atoms with E-state index in [0.29, 0.717) is 0 Å². The lowest BCUT2D eigenvalue weighted by molar-refractivity contribution is 0.0801. The van der Waals surface area contributed by atoms with Crippen molar-refractivity contribution < 1.29 is 5.11 Å². The van der Waals surface area contributed by atoms with Crippen LogP contribution < -0.4 is 0 Å². The van der Waals surface area contributed by atoms with E-state index in [0.717, 1.165) is 22.2 Å². The Kier molecular flexibility index (Phi) is 3.14. The van der Waals surface area contributed by atoms with Crippen molar-refractivity contribution in [3.05, 3.63) is 65.4 Å². The minimum atomic E-state index is -0.860. The highest BCUT2D eigenvalue weighted by Gasteiger charge is 2.22. The third-order valence-corrected chi connectivity index (χ3v) is 4.00. The number of hydrogen-bond donors (Lipinski definition) is 1. The second kappa shape index (κ2) is 4.74. The molecule has 0 spiro atoms. The van der Waals surface area contributed by atoms with E-state index >= 15 is 0 Å². The van der Waals surface area contributed by atoms with Crippen LogP contribution in [0.25, 0.3) is 16.6 Å². The minimum absolute atomic E-state index is 0.860. The lowest BCUT2D eigenvalue weighted by Crippen LogP contribution is -2.14. The maximum atomic E-state index is 10.5. The van der Waals surface area contributed by atoms with Crippen LogP contribution >= 0.6 is 0 Å². The van der Waals surface area contributed by atoms with Gasteiger partial charge in [-0.2, -0.15) is 0 Å². The number of para-hydroxylation sites is 1. The summed E-state index contributed by atoms with van der Waals surface area (Å²) in [6, 6.07) is 14.7. The molecule has 2 heteroatoms. The number of hydrogen-bond acceptors (Lipinski definition) is 1. The lowest BCUT2D eigenvalue weighted by Gasteiger charge is -2.16. The Morgan fingerprint density at radius 3 is 2.38 bits per heavy atom. The molecule has 0 atom stereocenters. The number of aromatic nitrogens is 1. The molecule has 0 amide bonds. The van der Waals surface area contributed by atoms with Gasteiger partial charge in [-0.3, -0.25) is 0 Å². The van der Waals surface area contributed by atoms with Crippen molar-refractivity contribution in [2.75, 3.05) is 0 Å². The van der Waals surface area contributed by atoms with E-state index in [1.807, 2.05) is 26.0 Å². The molecule has 1 N–H and O–H groups in total. The van der Waals surface area contributed by atoms with Crippen LogP contribution in [0, 0.1) is 13.8 Å². The first-order chi connectivity index (χ1) is 9.88. The van der Waals surface area contributed by atoms with Crippen molar-refractivity contribution >= 4 is 10.9 Å². The fraction of sp³-hybridized carbons (Fsp3) is 0.263. The van der Waals surface area contributed by atoms with E-state index in [9.17, 15) is 5.11 Å². The van der Waals surface area contributed by atoms with Gasteiger partial charge in [0.05, 0.1) is 11.1 Å². The first-order valence-electron chi connectivity index (χ1n) is 7.28. The fourth-order valence-corrected chi connectivity index (χ4v) is 2.86. The molecular weight excluding hydrogens is 258 g/mol. The second-order valence-corrected chi connectivity index (χ2v) is 6.28. The van der Waals surface area contributed by atoms with Crippen LogP contribution in [0.2, 0.25) is 0 Å². The van der Waals surface area contributed by atoms with Crippen molar-refractivity contribution in [3.63, 3.8) is 0 Å². The van der Waals surface area contributed by atoms with Gasteiger partial charge in [0.2, 0.25) is 0 Å². The predicted octanol–water partition coefficient (Wildman–Crippen LogP) is 4.47. The third kappa shape index (κ3) is 2.36. The van der Waals surface area contributed by atoms with Gasteiger partial charge in [0.1, 0.15) is 0 Å². The van der Waals surface area contributed by atoms with Gasteiger partial charge in [-0.15, -0.1) is 0 Å². The average Bonchev–Trinajstić information content (AvgIpc) is 2.78. The molecule has 0 fully saturated rings. The summed E-state index contributed by atoms with van der Waals surface area (Å²) in [4.78, 5) is 0. The Balaban J connectivity index is 2.38. The highest BCUT2D eigenvalue weighted by Crippen LogP contribution is 2.33. The van der Waals surface area contributed by atoms with E-state index in [1.165, 1.54) is 11.1 Å². The predicted molar refractivity (Wildman–Crippen MR) is 88.0 cm³/mol. The summed E-state index contributed by atoms with van der Waals surface area (Å²) in [5, 5.41) is 11.6. The molecule has 0 bridgehead atoms. The SMILES string of the molecule is Cc1ccc2c(C(C)(C)O)cn(-c3ccccc3C)c2c1. The molecule has 3 rings (SSSR count). The number of nitrogens with zero attached hydrogens (tertiary/aromatic N) is 1. The van der Waals surface area contributed by atoms with Crippen LogP contribution in [0.3, 0.4) is 0 Å². The van der Waals surface area contributed by atoms with E-state index in [2.05, 4.69) is 54.9 Å². The zero-order chi connectivity index (χ0) is 15.2. The van der Waals surface area contributed by atoms with Gasteiger partial charge in [0.25, 0.3) is 0 Å². The summed E-state index contributed by atoms with van der Waals surface area (Å²) in [7, 11) is 0. The van der Waals surface area contributed by atoms with Crippen molar-refractivity contribution in [2.24, 2.45) is 0 Å². The van der Waals surface area contributed by atoms with Gasteiger partial charge in [-0.05, 0) is 51.0 Å². The zero-order valence-electron chi connectivity index (χ0n) is 13.0. The average molecular weight is 279 g/mol. The molecule has 0 aliphatic heterocycles. The van der Waals surface area contributed by atoms with Gasteiger partial charge in [0.15, 0.2) is 0 Å². The van der Waals surface area contributed by atoms with Crippen LogP contribution in [0.15, 0.2) is 48.7 Å². The molecule has 1 heterocycles. The van der Waals surface area contributed by atoms with Crippen molar-refractivity contribution in [2.45, 2.75) is 33.3 Å². The maximum absolute atomic E-state index is 10.5. The van der Waals surface area contributed by atoms with E-state index in [1.54, 1.807) is 0 Å². The Morgan fingerprint density at radius 1 is 1.00 bits per heavy atom. The van der Waals surface area contributed by atoms with Crippen molar-refractivity contribution in [1.29, 1.82) is 0 Å². The number of fused-ring (bicyclic) bond motifs is 1. The second-order valence-electron chi connectivity index (χ2n) is 6.28. The molecule has 0 saturated heterocycles. The number of aliphatic hydroxyl groups is 1. The number of aryl methyl sites for hydroxylation is 2. The van der Waals surface area contributed by atoms with Crippen LogP contribution in [0.4, 0.5) is 0 Å². The highest BCUT2D eigenvalue weighted by atomic mass is 16.3. The lowest BCUT2D eigenvalue weighted by atomic mass is 9.97. The topological polar surface area (TPSA) is 25.2 Å². The summed E-state index contributed by atoms with van der Waals surface area (Å²) >= 11 is 0. The fourth-order valence-electron chi connectivity index (χ4n) is 2.86. The summed E-state index contributed by atoms with van der Waals surface area (Å²) in [6.45, 7) is 7.88. The molecule has 0 unspecified atom stereocenters. The van der Waals surface area contributed by atoms with Crippen LogP contribution in [0.5, 0.6) is 0 Å². The molecule has 0 saturated carbocycles. The standard InChI is InChI=1S/C19H21NO/c1-13-9-10-15-16(19(3,4)21)12-20(18(15)11-13)17-8-6-5-7-14(17)2/h5-12,21H,1-4H3. The molecule has 1 aromatic heterocycles. The van der Waals surface area contributed by atoms with Gasteiger partial charge >= 0.3 is 0 Å². The molecule has 0 aliphatic rings. The molecule has 0 aliphatic carbocycles. The van der Waals surface area contributed by atoms with Gasteiger partial charge in [-0.25, -0.2) is 0 Å². The van der Waals surface area contributed by atoms with Crippen LogP contribution in [-0.4, -0.2) is 9.67 Å². The van der Waals surface area contributed by atoms with Crippen LogP contribution in [-0.2, 0) is 5.60 Å². The Morgan fingerprint density at radius 2 is 1.71 bits per heavy atom. The third-order valence-electron chi connectivity index (χ3n) is 4.00. The molecule has 3 aromatic rings. The number of rotatable bonds is 2. The van der Waals surface area contributed by atoms with Crippen molar-refractivity contribution in [1.82, 2.24) is 4.57 Å². The van der Waals surface area contributed by atoms with Gasteiger partial charge in [0, 0.05) is 22.8 Å². The van der Waals surface area contributed by atoms with Crippen molar-refractivity contribution in [3.8, 4) is 5.69 Å². The largest absolute Gasteiger partial charge is 0.386 e. The summed E-state index contributed by atoms with van der Waals surface area (Å²) in [5.74, 6) is 0. The molecular formula is C19H21NO. The summed E-state index contributed by atoms with van der Waals surface area (Å²) < 4.78 is 2.19. The Bertz CT molecular complexity index is 806. The molecule has 2 nitrogen and oxygen atoms in total. The van der Waals surface area contributed by atoms with Gasteiger partial charge in [-0.1, -0.05) is 30.3 Å². The smallest absolute Gasteiger partial charge is 0.0861 e. The summed E-state index contributed by atoms with van der Waals surface area (Å²) in [5.41, 5.74) is 4.84. The first-order valence-corrected chi connectivity index (χ1v) is 7.28. The minimum Gasteiger partial charge on any atom is -0.386 e. The van der Waals surface area contributed by atoms with Crippen LogP contribution in [0.1, 0.15) is 30.5 Å². The monoisotopic (exact) mass is 279 g/mol. The summed E-state index contributed by atoms with van der Waals surface area (Å²) in [6.07, 6.45) is 2.06. The Hall–Kier alpha value is -2.06. The zero-order valence-corrected chi connectivity index (χ0v) is 13.0. The molecule has 21 heavy (non-hydrogen) atoms. The molecule has 2 aromatic carbocycles. The normalized spacial score (nSPS) is 12.0. The van der Waals surface area contributed by atoms with E-state index in [4.69, 9.17) is 0 Å².